The highest BCUT2D eigenvalue weighted by Crippen LogP contribution is 2.52. The first-order valence-corrected chi connectivity index (χ1v) is 8.59. The van der Waals surface area contributed by atoms with Crippen molar-refractivity contribution >= 4 is 23.6 Å². The molecule has 0 unspecified atom stereocenters. The zero-order valence-corrected chi connectivity index (χ0v) is 13.8. The quantitative estimate of drug-likeness (QED) is 0.748. The van der Waals surface area contributed by atoms with Gasteiger partial charge in [0, 0.05) is 6.20 Å². The number of carbonyl (C=O) groups is 2. The number of rotatable bonds is 1. The standard InChI is InChI=1S/C21H15N3O2/c22-12-16-17-18(19-15-9-5-4-6-13(15)10-11-23(16)19)21(26)24(20(17)25)14-7-2-1-3-8-14/h1-11,16-19H/t16-,17+,18+,19+/m1/s1. The third-order valence-electron chi connectivity index (χ3n) is 5.61. The highest BCUT2D eigenvalue weighted by molar-refractivity contribution is 6.23. The van der Waals surface area contributed by atoms with Gasteiger partial charge in [0.15, 0.2) is 0 Å². The molecule has 4 atom stereocenters. The molecule has 0 spiro atoms. The van der Waals surface area contributed by atoms with Gasteiger partial charge in [-0.3, -0.25) is 9.59 Å². The van der Waals surface area contributed by atoms with Gasteiger partial charge in [-0.2, -0.15) is 5.26 Å². The van der Waals surface area contributed by atoms with Crippen LogP contribution in [0, 0.1) is 23.2 Å². The Balaban J connectivity index is 1.65. The van der Waals surface area contributed by atoms with Gasteiger partial charge in [0.25, 0.3) is 0 Å². The van der Waals surface area contributed by atoms with Gasteiger partial charge in [0.2, 0.25) is 11.8 Å². The van der Waals surface area contributed by atoms with Crippen molar-refractivity contribution < 1.29 is 9.59 Å². The SMILES string of the molecule is N#C[C@@H]1[C@@H]2C(=O)N(c3ccccc3)C(=O)[C@@H]2[C@@H]2c3ccccc3C=CN12. The van der Waals surface area contributed by atoms with E-state index in [1.54, 1.807) is 24.3 Å². The highest BCUT2D eigenvalue weighted by atomic mass is 16.2. The Morgan fingerprint density at radius 1 is 0.885 bits per heavy atom. The van der Waals surface area contributed by atoms with Gasteiger partial charge in [-0.05, 0) is 29.3 Å². The summed E-state index contributed by atoms with van der Waals surface area (Å²) in [5.41, 5.74) is 2.60. The van der Waals surface area contributed by atoms with Crippen molar-refractivity contribution in [3.8, 4) is 6.07 Å². The smallest absolute Gasteiger partial charge is 0.240 e. The summed E-state index contributed by atoms with van der Waals surface area (Å²) in [5.74, 6) is -1.69. The summed E-state index contributed by atoms with van der Waals surface area (Å²) in [7, 11) is 0. The number of benzene rings is 2. The first-order valence-electron chi connectivity index (χ1n) is 8.59. The Labute approximate surface area is 150 Å². The van der Waals surface area contributed by atoms with Crippen molar-refractivity contribution in [2.24, 2.45) is 11.8 Å². The average Bonchev–Trinajstić information content (AvgIpc) is 3.15. The summed E-state index contributed by atoms with van der Waals surface area (Å²) in [6, 6.07) is 18.2. The molecule has 5 nitrogen and oxygen atoms in total. The van der Waals surface area contributed by atoms with Crippen molar-refractivity contribution in [3.05, 3.63) is 71.9 Å². The molecule has 2 aromatic rings. The van der Waals surface area contributed by atoms with Crippen molar-refractivity contribution in [3.63, 3.8) is 0 Å². The zero-order valence-electron chi connectivity index (χ0n) is 13.8. The summed E-state index contributed by atoms with van der Waals surface area (Å²) in [4.78, 5) is 29.5. The molecule has 2 saturated heterocycles. The van der Waals surface area contributed by atoms with Crippen LogP contribution < -0.4 is 4.90 Å². The predicted molar refractivity (Wildman–Crippen MR) is 95.4 cm³/mol. The van der Waals surface area contributed by atoms with Gasteiger partial charge in [0.05, 0.1) is 29.6 Å². The number of hydrogen-bond donors (Lipinski definition) is 0. The Kier molecular flexibility index (Phi) is 3.04. The minimum absolute atomic E-state index is 0.218. The van der Waals surface area contributed by atoms with Crippen LogP contribution in [-0.2, 0) is 9.59 Å². The predicted octanol–water partition coefficient (Wildman–Crippen LogP) is 2.73. The summed E-state index contributed by atoms with van der Waals surface area (Å²) in [6.07, 6.45) is 3.80. The maximum Gasteiger partial charge on any atom is 0.240 e. The number of imide groups is 1. The third-order valence-corrected chi connectivity index (χ3v) is 5.61. The number of nitrogens with zero attached hydrogens (tertiary/aromatic N) is 3. The summed E-state index contributed by atoms with van der Waals surface area (Å²) in [5, 5.41) is 9.75. The molecule has 0 aromatic heterocycles. The zero-order chi connectivity index (χ0) is 17.8. The first-order chi connectivity index (χ1) is 12.7. The fraction of sp³-hybridized carbons (Fsp3) is 0.190. The van der Waals surface area contributed by atoms with Crippen LogP contribution in [0.4, 0.5) is 5.69 Å². The van der Waals surface area contributed by atoms with Crippen LogP contribution in [0.15, 0.2) is 60.8 Å². The lowest BCUT2D eigenvalue weighted by atomic mass is 9.85. The summed E-state index contributed by atoms with van der Waals surface area (Å²) >= 11 is 0. The number of carbonyl (C=O) groups excluding carboxylic acids is 2. The van der Waals surface area contributed by atoms with E-state index in [1.165, 1.54) is 4.90 Å². The number of para-hydroxylation sites is 1. The van der Waals surface area contributed by atoms with E-state index in [0.29, 0.717) is 5.69 Å². The van der Waals surface area contributed by atoms with Crippen LogP contribution in [0.2, 0.25) is 0 Å². The fourth-order valence-corrected chi connectivity index (χ4v) is 4.54. The second-order valence-electron chi connectivity index (χ2n) is 6.81. The topological polar surface area (TPSA) is 64.4 Å². The molecule has 5 heteroatoms. The Morgan fingerprint density at radius 2 is 1.58 bits per heavy atom. The molecule has 0 aliphatic carbocycles. The van der Waals surface area contributed by atoms with Gasteiger partial charge < -0.3 is 4.90 Å². The number of anilines is 1. The van der Waals surface area contributed by atoms with E-state index in [1.807, 2.05) is 47.5 Å². The van der Waals surface area contributed by atoms with Crippen LogP contribution in [-0.4, -0.2) is 22.8 Å². The molecule has 2 aromatic carbocycles. The average molecular weight is 341 g/mol. The van der Waals surface area contributed by atoms with E-state index < -0.39 is 17.9 Å². The molecule has 3 heterocycles. The molecule has 0 bridgehead atoms. The number of nitriles is 1. The van der Waals surface area contributed by atoms with Gasteiger partial charge in [-0.15, -0.1) is 0 Å². The molecular weight excluding hydrogens is 326 g/mol. The molecule has 26 heavy (non-hydrogen) atoms. The minimum Gasteiger partial charge on any atom is -0.353 e. The van der Waals surface area contributed by atoms with E-state index in [4.69, 9.17) is 0 Å². The normalized spacial score (nSPS) is 28.6. The van der Waals surface area contributed by atoms with E-state index in [0.717, 1.165) is 11.1 Å². The molecule has 5 rings (SSSR count). The van der Waals surface area contributed by atoms with E-state index in [2.05, 4.69) is 6.07 Å². The van der Waals surface area contributed by atoms with Crippen LogP contribution in [0.1, 0.15) is 17.2 Å². The second kappa shape index (κ2) is 5.30. The number of hydrogen-bond acceptors (Lipinski definition) is 4. The van der Waals surface area contributed by atoms with Crippen LogP contribution in [0.3, 0.4) is 0 Å². The van der Waals surface area contributed by atoms with E-state index in [9.17, 15) is 14.9 Å². The fourth-order valence-electron chi connectivity index (χ4n) is 4.54. The van der Waals surface area contributed by atoms with Crippen molar-refractivity contribution in [2.45, 2.75) is 12.1 Å². The Hall–Kier alpha value is -3.39. The highest BCUT2D eigenvalue weighted by Gasteiger charge is 2.63. The maximum atomic E-state index is 13.3. The van der Waals surface area contributed by atoms with Crippen molar-refractivity contribution in [2.75, 3.05) is 4.90 Å². The molecule has 2 amide bonds. The van der Waals surface area contributed by atoms with Gasteiger partial charge in [0.1, 0.15) is 6.04 Å². The molecule has 2 fully saturated rings. The minimum atomic E-state index is -0.645. The summed E-state index contributed by atoms with van der Waals surface area (Å²) < 4.78 is 0. The van der Waals surface area contributed by atoms with Crippen LogP contribution in [0.5, 0.6) is 0 Å². The van der Waals surface area contributed by atoms with E-state index >= 15 is 0 Å². The largest absolute Gasteiger partial charge is 0.353 e. The van der Waals surface area contributed by atoms with Crippen LogP contribution in [0.25, 0.3) is 6.08 Å². The molecule has 0 saturated carbocycles. The Bertz CT molecular complexity index is 992. The monoisotopic (exact) mass is 341 g/mol. The molecular formula is C21H15N3O2. The van der Waals surface area contributed by atoms with Crippen LogP contribution >= 0.6 is 0 Å². The van der Waals surface area contributed by atoms with Gasteiger partial charge in [-0.1, -0.05) is 42.5 Å². The molecule has 0 radical (unpaired) electrons. The Morgan fingerprint density at radius 3 is 2.35 bits per heavy atom. The first kappa shape index (κ1) is 14.9. The number of fused-ring (bicyclic) bond motifs is 5. The summed E-state index contributed by atoms with van der Waals surface area (Å²) in [6.45, 7) is 0. The maximum absolute atomic E-state index is 13.3. The van der Waals surface area contributed by atoms with Gasteiger partial charge in [-0.25, -0.2) is 4.90 Å². The van der Waals surface area contributed by atoms with Gasteiger partial charge >= 0.3 is 0 Å². The van der Waals surface area contributed by atoms with Crippen molar-refractivity contribution in [1.29, 1.82) is 5.26 Å². The molecule has 3 aliphatic heterocycles. The lowest BCUT2D eigenvalue weighted by molar-refractivity contribution is -0.123. The second-order valence-corrected chi connectivity index (χ2v) is 6.81. The van der Waals surface area contributed by atoms with Crippen molar-refractivity contribution in [1.82, 2.24) is 4.90 Å². The lowest BCUT2D eigenvalue weighted by Crippen LogP contribution is -2.40. The van der Waals surface area contributed by atoms with E-state index in [-0.39, 0.29) is 17.9 Å². The number of amides is 2. The third kappa shape index (κ3) is 1.79. The molecule has 3 aliphatic rings. The molecule has 0 N–H and O–H groups in total. The lowest BCUT2D eigenvalue weighted by Gasteiger charge is -2.33. The molecule has 126 valence electrons.